The van der Waals surface area contributed by atoms with Gasteiger partial charge in [0, 0.05) is 37.9 Å². The van der Waals surface area contributed by atoms with Crippen molar-refractivity contribution in [2.75, 3.05) is 18.0 Å². The van der Waals surface area contributed by atoms with Crippen LogP contribution in [0.25, 0.3) is 0 Å². The Morgan fingerprint density at radius 1 is 1.15 bits per heavy atom. The van der Waals surface area contributed by atoms with Crippen LogP contribution in [0.5, 0.6) is 0 Å². The summed E-state index contributed by atoms with van der Waals surface area (Å²) < 4.78 is 26.3. The minimum atomic E-state index is -2.50. The summed E-state index contributed by atoms with van der Waals surface area (Å²) >= 11 is 0. The lowest BCUT2D eigenvalue weighted by atomic mass is 9.86. The molecule has 1 saturated heterocycles. The summed E-state index contributed by atoms with van der Waals surface area (Å²) in [7, 11) is 0. The third-order valence-electron chi connectivity index (χ3n) is 4.42. The number of halogens is 2. The van der Waals surface area contributed by atoms with Crippen molar-refractivity contribution in [1.29, 1.82) is 0 Å². The predicted octanol–water partition coefficient (Wildman–Crippen LogP) is 2.03. The van der Waals surface area contributed by atoms with E-state index in [0.29, 0.717) is 18.8 Å². The van der Waals surface area contributed by atoms with Crippen LogP contribution >= 0.6 is 0 Å². The Balaban J connectivity index is 1.62. The van der Waals surface area contributed by atoms with E-state index >= 15 is 0 Å². The van der Waals surface area contributed by atoms with Gasteiger partial charge in [0.05, 0.1) is 0 Å². The molecule has 5 nitrogen and oxygen atoms in total. The van der Waals surface area contributed by atoms with Crippen LogP contribution in [0, 0.1) is 0 Å². The summed E-state index contributed by atoms with van der Waals surface area (Å²) in [5.41, 5.74) is 5.88. The molecule has 3 N–H and O–H groups in total. The molecule has 20 heavy (non-hydrogen) atoms. The number of rotatable bonds is 2. The normalized spacial score (nSPS) is 25.1. The van der Waals surface area contributed by atoms with Gasteiger partial charge >= 0.3 is 0 Å². The van der Waals surface area contributed by atoms with E-state index in [1.165, 1.54) is 0 Å². The molecule has 0 radical (unpaired) electrons. The van der Waals surface area contributed by atoms with Gasteiger partial charge in [0.2, 0.25) is 11.9 Å². The van der Waals surface area contributed by atoms with E-state index in [2.05, 4.69) is 20.1 Å². The van der Waals surface area contributed by atoms with E-state index in [1.807, 2.05) is 0 Å². The molecule has 0 atom stereocenters. The number of nitrogens with two attached hydrogens (primary N) is 1. The second kappa shape index (κ2) is 5.27. The molecule has 0 spiro atoms. The molecule has 0 unspecified atom stereocenters. The van der Waals surface area contributed by atoms with E-state index in [4.69, 9.17) is 5.73 Å². The Hall–Kier alpha value is -1.24. The van der Waals surface area contributed by atoms with Crippen LogP contribution < -0.4 is 10.6 Å². The third kappa shape index (κ3) is 2.92. The van der Waals surface area contributed by atoms with Crippen LogP contribution in [0.4, 0.5) is 14.7 Å². The van der Waals surface area contributed by atoms with E-state index in [1.54, 1.807) is 0 Å². The standard InChI is InChI=1S/C13H21F2N5/c14-13(15)5-1-9(2-6-13)11-17-12(19-18-11)20-7-3-10(16)4-8-20/h9-10H,1-8,16H2,(H,17,18,19). The summed E-state index contributed by atoms with van der Waals surface area (Å²) in [6.45, 7) is 1.72. The number of nitrogens with zero attached hydrogens (tertiary/aromatic N) is 3. The molecule has 112 valence electrons. The number of piperidine rings is 1. The number of nitrogens with one attached hydrogen (secondary N) is 1. The second-order valence-electron chi connectivity index (χ2n) is 5.98. The summed E-state index contributed by atoms with van der Waals surface area (Å²) in [6.07, 6.45) is 2.75. The summed E-state index contributed by atoms with van der Waals surface area (Å²) in [4.78, 5) is 6.62. The number of alkyl halides is 2. The molecule has 0 bridgehead atoms. The Kier molecular flexibility index (Phi) is 3.62. The Bertz CT molecular complexity index is 443. The van der Waals surface area contributed by atoms with Gasteiger partial charge in [-0.3, -0.25) is 5.10 Å². The van der Waals surface area contributed by atoms with Gasteiger partial charge in [-0.1, -0.05) is 0 Å². The minimum Gasteiger partial charge on any atom is -0.339 e. The van der Waals surface area contributed by atoms with Crippen molar-refractivity contribution in [3.05, 3.63) is 5.82 Å². The van der Waals surface area contributed by atoms with E-state index in [-0.39, 0.29) is 24.8 Å². The van der Waals surface area contributed by atoms with Crippen molar-refractivity contribution in [1.82, 2.24) is 15.2 Å². The molecular formula is C13H21F2N5. The Morgan fingerprint density at radius 2 is 1.80 bits per heavy atom. The summed E-state index contributed by atoms with van der Waals surface area (Å²) in [6, 6.07) is 0.269. The average Bonchev–Trinajstić information content (AvgIpc) is 2.89. The van der Waals surface area contributed by atoms with Gasteiger partial charge in [-0.05, 0) is 25.7 Å². The molecule has 1 aliphatic carbocycles. The van der Waals surface area contributed by atoms with Crippen LogP contribution in [0.1, 0.15) is 50.3 Å². The molecule has 2 heterocycles. The fraction of sp³-hybridized carbons (Fsp3) is 0.846. The van der Waals surface area contributed by atoms with Crippen molar-refractivity contribution in [2.24, 2.45) is 5.73 Å². The zero-order chi connectivity index (χ0) is 14.2. The largest absolute Gasteiger partial charge is 0.339 e. The molecule has 2 aliphatic rings. The molecule has 7 heteroatoms. The highest BCUT2D eigenvalue weighted by Gasteiger charge is 2.36. The first kappa shape index (κ1) is 13.7. The third-order valence-corrected chi connectivity index (χ3v) is 4.42. The summed E-state index contributed by atoms with van der Waals surface area (Å²) in [5, 5.41) is 7.17. The Morgan fingerprint density at radius 3 is 2.45 bits per heavy atom. The van der Waals surface area contributed by atoms with E-state index < -0.39 is 5.92 Å². The quantitative estimate of drug-likeness (QED) is 0.872. The van der Waals surface area contributed by atoms with Gasteiger partial charge in [-0.25, -0.2) is 8.78 Å². The molecule has 1 aliphatic heterocycles. The molecule has 2 fully saturated rings. The number of aromatic nitrogens is 3. The van der Waals surface area contributed by atoms with Crippen molar-refractivity contribution in [3.63, 3.8) is 0 Å². The molecule has 3 rings (SSSR count). The molecule has 1 aromatic rings. The van der Waals surface area contributed by atoms with Crippen LogP contribution in [0.2, 0.25) is 0 Å². The van der Waals surface area contributed by atoms with Gasteiger partial charge in [-0.2, -0.15) is 4.98 Å². The first-order chi connectivity index (χ1) is 9.53. The predicted molar refractivity (Wildman–Crippen MR) is 72.0 cm³/mol. The first-order valence-corrected chi connectivity index (χ1v) is 7.34. The fourth-order valence-electron chi connectivity index (χ4n) is 3.00. The lowest BCUT2D eigenvalue weighted by Crippen LogP contribution is -2.40. The number of aromatic amines is 1. The first-order valence-electron chi connectivity index (χ1n) is 7.34. The Labute approximate surface area is 116 Å². The van der Waals surface area contributed by atoms with Gasteiger partial charge in [0.25, 0.3) is 0 Å². The average molecular weight is 285 g/mol. The van der Waals surface area contributed by atoms with Crippen molar-refractivity contribution in [2.45, 2.75) is 56.4 Å². The maximum atomic E-state index is 13.2. The monoisotopic (exact) mass is 285 g/mol. The molecule has 1 aromatic heterocycles. The lowest BCUT2D eigenvalue weighted by molar-refractivity contribution is -0.0387. The SMILES string of the molecule is NC1CCN(c2n[nH]c(C3CCC(F)(F)CC3)n2)CC1. The number of hydrogen-bond acceptors (Lipinski definition) is 4. The number of hydrogen-bond donors (Lipinski definition) is 2. The van der Waals surface area contributed by atoms with Gasteiger partial charge in [0.1, 0.15) is 5.82 Å². The van der Waals surface area contributed by atoms with Crippen molar-refractivity contribution >= 4 is 5.95 Å². The molecule has 0 aromatic carbocycles. The maximum absolute atomic E-state index is 13.2. The minimum absolute atomic E-state index is 0.0493. The number of anilines is 1. The van der Waals surface area contributed by atoms with E-state index in [0.717, 1.165) is 31.8 Å². The molecule has 0 amide bonds. The van der Waals surface area contributed by atoms with Crippen LogP contribution in [0.15, 0.2) is 0 Å². The van der Waals surface area contributed by atoms with Crippen LogP contribution in [-0.2, 0) is 0 Å². The van der Waals surface area contributed by atoms with Crippen LogP contribution in [-0.4, -0.2) is 40.2 Å². The number of H-pyrrole nitrogens is 1. The fourth-order valence-corrected chi connectivity index (χ4v) is 3.00. The summed E-state index contributed by atoms with van der Waals surface area (Å²) in [5.74, 6) is -0.972. The second-order valence-corrected chi connectivity index (χ2v) is 5.98. The maximum Gasteiger partial charge on any atom is 0.248 e. The molecule has 1 saturated carbocycles. The smallest absolute Gasteiger partial charge is 0.248 e. The van der Waals surface area contributed by atoms with Crippen molar-refractivity contribution < 1.29 is 8.78 Å². The highest BCUT2D eigenvalue weighted by atomic mass is 19.3. The highest BCUT2D eigenvalue weighted by Crippen LogP contribution is 2.40. The highest BCUT2D eigenvalue weighted by molar-refractivity contribution is 5.30. The van der Waals surface area contributed by atoms with Gasteiger partial charge in [0.15, 0.2) is 0 Å². The van der Waals surface area contributed by atoms with Crippen molar-refractivity contribution in [3.8, 4) is 0 Å². The van der Waals surface area contributed by atoms with Crippen LogP contribution in [0.3, 0.4) is 0 Å². The lowest BCUT2D eigenvalue weighted by Gasteiger charge is -2.29. The van der Waals surface area contributed by atoms with Gasteiger partial charge < -0.3 is 10.6 Å². The van der Waals surface area contributed by atoms with E-state index in [9.17, 15) is 8.78 Å². The topological polar surface area (TPSA) is 70.8 Å². The zero-order valence-electron chi connectivity index (χ0n) is 11.5. The molecular weight excluding hydrogens is 264 g/mol. The van der Waals surface area contributed by atoms with Gasteiger partial charge in [-0.15, -0.1) is 5.10 Å². The zero-order valence-corrected chi connectivity index (χ0v) is 11.5.